The molecule has 2 N–H and O–H groups in total. The van der Waals surface area contributed by atoms with Crippen molar-refractivity contribution in [1.82, 2.24) is 5.32 Å². The Morgan fingerprint density at radius 2 is 1.81 bits per heavy atom. The predicted molar refractivity (Wildman–Crippen MR) is 132 cm³/mol. The van der Waals surface area contributed by atoms with Crippen molar-refractivity contribution in [3.05, 3.63) is 93.8 Å². The number of ether oxygens (including phenoxy) is 3. The normalized spacial score (nSPS) is 11.8. The molecule has 0 saturated heterocycles. The van der Waals surface area contributed by atoms with Crippen molar-refractivity contribution >= 4 is 28.5 Å². The highest BCUT2D eigenvalue weighted by atomic mass is 16.7. The molecular weight excluding hydrogens is 464 g/mol. The van der Waals surface area contributed by atoms with Gasteiger partial charge in [-0.15, -0.1) is 0 Å². The Kier molecular flexibility index (Phi) is 6.27. The molecule has 36 heavy (non-hydrogen) atoms. The minimum atomic E-state index is -0.455. The molecule has 1 aromatic heterocycles. The van der Waals surface area contributed by atoms with Crippen LogP contribution in [0.3, 0.4) is 0 Å². The SMILES string of the molecule is Cc1cc(=O)oc2cc(OCC(=O)Nc3ccccc3C(=O)NCc3ccc4c(c3)OCO4)ccc12. The van der Waals surface area contributed by atoms with E-state index in [2.05, 4.69) is 10.6 Å². The number of rotatable bonds is 7. The summed E-state index contributed by atoms with van der Waals surface area (Å²) in [5.41, 5.74) is 2.23. The fraction of sp³-hybridized carbons (Fsp3) is 0.148. The van der Waals surface area contributed by atoms with Crippen molar-refractivity contribution in [2.45, 2.75) is 13.5 Å². The maximum Gasteiger partial charge on any atom is 0.336 e. The van der Waals surface area contributed by atoms with Gasteiger partial charge in [-0.1, -0.05) is 18.2 Å². The zero-order valence-electron chi connectivity index (χ0n) is 19.3. The molecule has 0 saturated carbocycles. The van der Waals surface area contributed by atoms with E-state index in [0.717, 1.165) is 16.5 Å². The fourth-order valence-corrected chi connectivity index (χ4v) is 3.85. The molecule has 9 heteroatoms. The summed E-state index contributed by atoms with van der Waals surface area (Å²) >= 11 is 0. The first-order valence-electron chi connectivity index (χ1n) is 11.2. The Hall–Kier alpha value is -4.79. The largest absolute Gasteiger partial charge is 0.484 e. The van der Waals surface area contributed by atoms with Gasteiger partial charge in [0.1, 0.15) is 11.3 Å². The standard InChI is InChI=1S/C27H22N2O7/c1-16-10-26(31)36-23-12-18(7-8-19(16)23)33-14-25(30)29-21-5-3-2-4-20(21)27(32)28-13-17-6-9-22-24(11-17)35-15-34-22/h2-12H,13-15H2,1H3,(H,28,32)(H,29,30). The Balaban J connectivity index is 1.21. The lowest BCUT2D eigenvalue weighted by Gasteiger charge is -2.12. The number of para-hydroxylation sites is 1. The quantitative estimate of drug-likeness (QED) is 0.382. The summed E-state index contributed by atoms with van der Waals surface area (Å²) in [7, 11) is 0. The summed E-state index contributed by atoms with van der Waals surface area (Å²) in [6.45, 7) is 1.97. The monoisotopic (exact) mass is 486 g/mol. The average molecular weight is 486 g/mol. The molecule has 5 rings (SSSR count). The highest BCUT2D eigenvalue weighted by Crippen LogP contribution is 2.32. The highest BCUT2D eigenvalue weighted by Gasteiger charge is 2.16. The highest BCUT2D eigenvalue weighted by molar-refractivity contribution is 6.04. The zero-order valence-corrected chi connectivity index (χ0v) is 19.3. The number of hydrogen-bond acceptors (Lipinski definition) is 7. The molecule has 1 aliphatic rings. The van der Waals surface area contributed by atoms with Crippen molar-refractivity contribution in [2.75, 3.05) is 18.7 Å². The molecule has 9 nitrogen and oxygen atoms in total. The molecular formula is C27H22N2O7. The van der Waals surface area contributed by atoms with Crippen molar-refractivity contribution in [3.63, 3.8) is 0 Å². The maximum absolute atomic E-state index is 12.8. The zero-order chi connectivity index (χ0) is 25.1. The van der Waals surface area contributed by atoms with E-state index in [4.69, 9.17) is 18.6 Å². The summed E-state index contributed by atoms with van der Waals surface area (Å²) in [5, 5.41) is 6.35. The van der Waals surface area contributed by atoms with Gasteiger partial charge in [0.2, 0.25) is 6.79 Å². The second kappa shape index (κ2) is 9.83. The van der Waals surface area contributed by atoms with Crippen LogP contribution in [0.4, 0.5) is 5.69 Å². The van der Waals surface area contributed by atoms with Crippen LogP contribution >= 0.6 is 0 Å². The number of benzene rings is 3. The molecule has 3 aromatic carbocycles. The molecule has 0 spiro atoms. The van der Waals surface area contributed by atoms with Crippen molar-refractivity contribution in [2.24, 2.45) is 0 Å². The number of nitrogens with one attached hydrogen (secondary N) is 2. The predicted octanol–water partition coefficient (Wildman–Crippen LogP) is 3.78. The van der Waals surface area contributed by atoms with Crippen LogP contribution in [0.15, 0.2) is 75.9 Å². The molecule has 0 bridgehead atoms. The van der Waals surface area contributed by atoms with Gasteiger partial charge in [-0.25, -0.2) is 4.79 Å². The molecule has 0 fully saturated rings. The van der Waals surface area contributed by atoms with Gasteiger partial charge >= 0.3 is 5.63 Å². The summed E-state index contributed by atoms with van der Waals surface area (Å²) < 4.78 is 21.5. The van der Waals surface area contributed by atoms with Gasteiger partial charge in [0.15, 0.2) is 18.1 Å². The summed E-state index contributed by atoms with van der Waals surface area (Å²) in [5.74, 6) is 0.893. The third kappa shape index (κ3) is 5.00. The molecule has 182 valence electrons. The number of hydrogen-bond donors (Lipinski definition) is 2. The number of aryl methyl sites for hydroxylation is 1. The van der Waals surface area contributed by atoms with E-state index in [1.54, 1.807) is 48.5 Å². The molecule has 0 radical (unpaired) electrons. The fourth-order valence-electron chi connectivity index (χ4n) is 3.85. The van der Waals surface area contributed by atoms with Gasteiger partial charge in [0.25, 0.3) is 11.8 Å². The van der Waals surface area contributed by atoms with Crippen LogP contribution in [0.25, 0.3) is 11.0 Å². The van der Waals surface area contributed by atoms with Crippen molar-refractivity contribution in [3.8, 4) is 17.2 Å². The minimum Gasteiger partial charge on any atom is -0.484 e. The Labute approximate surface area is 205 Å². The Morgan fingerprint density at radius 3 is 2.69 bits per heavy atom. The Bertz CT molecular complexity index is 1530. The number of fused-ring (bicyclic) bond motifs is 2. The van der Waals surface area contributed by atoms with Crippen LogP contribution in [0.5, 0.6) is 17.2 Å². The average Bonchev–Trinajstić information content (AvgIpc) is 3.34. The van der Waals surface area contributed by atoms with Gasteiger partial charge in [-0.2, -0.15) is 0 Å². The van der Waals surface area contributed by atoms with Gasteiger partial charge in [0, 0.05) is 24.1 Å². The van der Waals surface area contributed by atoms with Crippen LogP contribution in [-0.2, 0) is 11.3 Å². The first-order valence-corrected chi connectivity index (χ1v) is 11.2. The van der Waals surface area contributed by atoms with E-state index < -0.39 is 11.5 Å². The first kappa shape index (κ1) is 23.0. The van der Waals surface area contributed by atoms with E-state index in [1.807, 2.05) is 19.1 Å². The van der Waals surface area contributed by atoms with Gasteiger partial charge in [0.05, 0.1) is 11.3 Å². The molecule has 2 heterocycles. The van der Waals surface area contributed by atoms with E-state index in [1.165, 1.54) is 6.07 Å². The van der Waals surface area contributed by atoms with Crippen LogP contribution in [0.1, 0.15) is 21.5 Å². The van der Waals surface area contributed by atoms with Gasteiger partial charge < -0.3 is 29.3 Å². The van der Waals surface area contributed by atoms with Crippen LogP contribution in [0.2, 0.25) is 0 Å². The number of anilines is 1. The van der Waals surface area contributed by atoms with E-state index in [-0.39, 0.29) is 25.9 Å². The van der Waals surface area contributed by atoms with Gasteiger partial charge in [-0.3, -0.25) is 9.59 Å². The molecule has 2 amide bonds. The first-order chi connectivity index (χ1) is 17.5. The van der Waals surface area contributed by atoms with Crippen molar-refractivity contribution < 1.29 is 28.2 Å². The molecule has 1 aliphatic heterocycles. The van der Waals surface area contributed by atoms with Gasteiger partial charge in [-0.05, 0) is 54.4 Å². The van der Waals surface area contributed by atoms with E-state index in [9.17, 15) is 14.4 Å². The van der Waals surface area contributed by atoms with Crippen molar-refractivity contribution in [1.29, 1.82) is 0 Å². The Morgan fingerprint density at radius 1 is 0.972 bits per heavy atom. The number of carbonyl (C=O) groups is 2. The number of amides is 2. The number of carbonyl (C=O) groups excluding carboxylic acids is 2. The summed E-state index contributed by atoms with van der Waals surface area (Å²) in [6, 6.07) is 18.6. The molecule has 4 aromatic rings. The second-order valence-corrected chi connectivity index (χ2v) is 8.16. The molecule has 0 atom stereocenters. The molecule has 0 aliphatic carbocycles. The van der Waals surface area contributed by atoms with E-state index >= 15 is 0 Å². The third-order valence-corrected chi connectivity index (χ3v) is 5.63. The lowest BCUT2D eigenvalue weighted by Crippen LogP contribution is -2.26. The maximum atomic E-state index is 12.8. The lowest BCUT2D eigenvalue weighted by molar-refractivity contribution is -0.118. The van der Waals surface area contributed by atoms with Crippen LogP contribution in [0, 0.1) is 6.92 Å². The van der Waals surface area contributed by atoms with Crippen LogP contribution < -0.4 is 30.5 Å². The topological polar surface area (TPSA) is 116 Å². The summed E-state index contributed by atoms with van der Waals surface area (Å²) in [4.78, 5) is 37.0. The minimum absolute atomic E-state index is 0.179. The van der Waals surface area contributed by atoms with E-state index in [0.29, 0.717) is 34.1 Å². The lowest BCUT2D eigenvalue weighted by atomic mass is 10.1. The smallest absolute Gasteiger partial charge is 0.336 e. The third-order valence-electron chi connectivity index (χ3n) is 5.63. The second-order valence-electron chi connectivity index (χ2n) is 8.16. The molecule has 0 unspecified atom stereocenters. The van der Waals surface area contributed by atoms with Crippen LogP contribution in [-0.4, -0.2) is 25.2 Å². The summed E-state index contributed by atoms with van der Waals surface area (Å²) in [6.07, 6.45) is 0.